The Kier molecular flexibility index (Phi) is 6.40. The van der Waals surface area contributed by atoms with Crippen molar-refractivity contribution in [3.63, 3.8) is 0 Å². The molecule has 0 aliphatic heterocycles. The summed E-state index contributed by atoms with van der Waals surface area (Å²) in [5.41, 5.74) is 0.624. The molecule has 7 heteroatoms. The lowest BCUT2D eigenvalue weighted by molar-refractivity contribution is -0.159. The van der Waals surface area contributed by atoms with E-state index in [0.29, 0.717) is 5.56 Å². The number of esters is 2. The highest BCUT2D eigenvalue weighted by molar-refractivity contribution is 5.86. The van der Waals surface area contributed by atoms with Crippen molar-refractivity contribution in [1.29, 1.82) is 0 Å². The van der Waals surface area contributed by atoms with Crippen LogP contribution in [0.3, 0.4) is 0 Å². The minimum Gasteiger partial charge on any atom is -0.504 e. The molecule has 0 aromatic heterocycles. The molecule has 7 nitrogen and oxygen atoms in total. The van der Waals surface area contributed by atoms with Gasteiger partial charge in [-0.2, -0.15) is 0 Å². The highest BCUT2D eigenvalue weighted by Crippen LogP contribution is 2.25. The Morgan fingerprint density at radius 1 is 1.27 bits per heavy atom. The SMILES string of the molecule is C=C(C)C(=O)OCC(CO)OC(=O)Cc1ccc(O)c(O)c1. The van der Waals surface area contributed by atoms with E-state index in [1.54, 1.807) is 0 Å². The summed E-state index contributed by atoms with van der Waals surface area (Å²) in [5, 5.41) is 27.6. The van der Waals surface area contributed by atoms with Crippen LogP contribution in [0.15, 0.2) is 30.4 Å². The lowest BCUT2D eigenvalue weighted by atomic mass is 10.1. The molecular formula is C15H18O7. The summed E-state index contributed by atoms with van der Waals surface area (Å²) in [5.74, 6) is -1.95. The van der Waals surface area contributed by atoms with Gasteiger partial charge in [-0.25, -0.2) is 4.79 Å². The van der Waals surface area contributed by atoms with Crippen molar-refractivity contribution in [3.05, 3.63) is 35.9 Å². The monoisotopic (exact) mass is 310 g/mol. The van der Waals surface area contributed by atoms with E-state index in [9.17, 15) is 19.8 Å². The molecule has 0 bridgehead atoms. The van der Waals surface area contributed by atoms with Gasteiger partial charge in [0.05, 0.1) is 13.0 Å². The summed E-state index contributed by atoms with van der Waals surface area (Å²) in [6.45, 7) is 4.09. The fourth-order valence-electron chi connectivity index (χ4n) is 1.49. The molecule has 1 rings (SSSR count). The summed E-state index contributed by atoms with van der Waals surface area (Å²) >= 11 is 0. The van der Waals surface area contributed by atoms with Crippen LogP contribution in [-0.4, -0.2) is 46.6 Å². The van der Waals surface area contributed by atoms with Gasteiger partial charge in [-0.15, -0.1) is 0 Å². The van der Waals surface area contributed by atoms with Crippen LogP contribution >= 0.6 is 0 Å². The number of hydrogen-bond donors (Lipinski definition) is 3. The third-order valence-corrected chi connectivity index (χ3v) is 2.64. The third kappa shape index (κ3) is 5.45. The normalized spacial score (nSPS) is 11.5. The molecule has 1 aromatic rings. The summed E-state index contributed by atoms with van der Waals surface area (Å²) in [6, 6.07) is 3.92. The molecule has 1 unspecified atom stereocenters. The Balaban J connectivity index is 2.52. The van der Waals surface area contributed by atoms with Crippen molar-refractivity contribution < 1.29 is 34.4 Å². The zero-order chi connectivity index (χ0) is 16.7. The molecule has 0 fully saturated rings. The summed E-state index contributed by atoms with van der Waals surface area (Å²) in [6.07, 6.45) is -1.15. The van der Waals surface area contributed by atoms with Crippen LogP contribution in [0.4, 0.5) is 0 Å². The molecule has 3 N–H and O–H groups in total. The molecular weight excluding hydrogens is 292 g/mol. The van der Waals surface area contributed by atoms with E-state index in [4.69, 9.17) is 14.6 Å². The number of rotatable bonds is 7. The maximum Gasteiger partial charge on any atom is 0.333 e. The second-order valence-corrected chi connectivity index (χ2v) is 4.67. The van der Waals surface area contributed by atoms with E-state index in [-0.39, 0.29) is 30.1 Å². The van der Waals surface area contributed by atoms with Gasteiger partial charge in [0, 0.05) is 5.57 Å². The second kappa shape index (κ2) is 8.04. The van der Waals surface area contributed by atoms with Gasteiger partial charge >= 0.3 is 11.9 Å². The lowest BCUT2D eigenvalue weighted by Gasteiger charge is -2.15. The number of aliphatic hydroxyl groups excluding tert-OH is 1. The lowest BCUT2D eigenvalue weighted by Crippen LogP contribution is -2.29. The van der Waals surface area contributed by atoms with Gasteiger partial charge in [-0.3, -0.25) is 4.79 Å². The standard InChI is InChI=1S/C15H18O7/c1-9(2)15(20)21-8-11(7-16)22-14(19)6-10-3-4-12(17)13(18)5-10/h3-5,11,16-18H,1,6-8H2,2H3. The number of ether oxygens (including phenoxy) is 2. The van der Waals surface area contributed by atoms with E-state index in [1.807, 2.05) is 0 Å². The van der Waals surface area contributed by atoms with E-state index < -0.39 is 24.6 Å². The molecule has 0 heterocycles. The van der Waals surface area contributed by atoms with Crippen molar-refractivity contribution in [3.8, 4) is 11.5 Å². The maximum atomic E-state index is 11.7. The molecule has 22 heavy (non-hydrogen) atoms. The van der Waals surface area contributed by atoms with Gasteiger partial charge < -0.3 is 24.8 Å². The number of hydrogen-bond acceptors (Lipinski definition) is 7. The van der Waals surface area contributed by atoms with E-state index in [1.165, 1.54) is 25.1 Å². The first-order valence-corrected chi connectivity index (χ1v) is 6.47. The van der Waals surface area contributed by atoms with Gasteiger partial charge in [-0.05, 0) is 24.6 Å². The molecule has 1 aromatic carbocycles. The molecule has 0 spiro atoms. The number of phenols is 2. The van der Waals surface area contributed by atoms with E-state index >= 15 is 0 Å². The molecule has 0 saturated heterocycles. The fraction of sp³-hybridized carbons (Fsp3) is 0.333. The highest BCUT2D eigenvalue weighted by Gasteiger charge is 2.17. The smallest absolute Gasteiger partial charge is 0.333 e. The molecule has 0 saturated carbocycles. The van der Waals surface area contributed by atoms with Crippen LogP contribution in [0.5, 0.6) is 11.5 Å². The van der Waals surface area contributed by atoms with Gasteiger partial charge in [0.15, 0.2) is 17.6 Å². The van der Waals surface area contributed by atoms with Gasteiger partial charge in [-0.1, -0.05) is 12.6 Å². The quantitative estimate of drug-likeness (QED) is 0.385. The van der Waals surface area contributed by atoms with E-state index in [0.717, 1.165) is 0 Å². The summed E-state index contributed by atoms with van der Waals surface area (Å²) in [4.78, 5) is 22.9. The largest absolute Gasteiger partial charge is 0.504 e. The second-order valence-electron chi connectivity index (χ2n) is 4.67. The first-order valence-electron chi connectivity index (χ1n) is 6.47. The van der Waals surface area contributed by atoms with Crippen LogP contribution in [0.1, 0.15) is 12.5 Å². The number of aliphatic hydroxyl groups is 1. The van der Waals surface area contributed by atoms with Crippen LogP contribution in [0, 0.1) is 0 Å². The molecule has 120 valence electrons. The van der Waals surface area contributed by atoms with Crippen LogP contribution < -0.4 is 0 Å². The Hall–Kier alpha value is -2.54. The Bertz CT molecular complexity index is 565. The highest BCUT2D eigenvalue weighted by atomic mass is 16.6. The molecule has 0 radical (unpaired) electrons. The Labute approximate surface area is 127 Å². The van der Waals surface area contributed by atoms with E-state index in [2.05, 4.69) is 6.58 Å². The first kappa shape index (κ1) is 17.5. The number of carbonyl (C=O) groups is 2. The molecule has 0 aliphatic rings. The van der Waals surface area contributed by atoms with Gasteiger partial charge in [0.2, 0.25) is 0 Å². The molecule has 0 amide bonds. The fourth-order valence-corrected chi connectivity index (χ4v) is 1.49. The minimum atomic E-state index is -0.985. The van der Waals surface area contributed by atoms with Crippen LogP contribution in [-0.2, 0) is 25.5 Å². The summed E-state index contributed by atoms with van der Waals surface area (Å²) < 4.78 is 9.76. The first-order chi connectivity index (χ1) is 10.3. The predicted octanol–water partition coefficient (Wildman–Crippen LogP) is 0.664. The van der Waals surface area contributed by atoms with Crippen molar-refractivity contribution >= 4 is 11.9 Å². The number of carbonyl (C=O) groups excluding carboxylic acids is 2. The van der Waals surface area contributed by atoms with Gasteiger partial charge in [0.25, 0.3) is 0 Å². The summed E-state index contributed by atoms with van der Waals surface area (Å²) in [7, 11) is 0. The average molecular weight is 310 g/mol. The zero-order valence-electron chi connectivity index (χ0n) is 12.1. The van der Waals surface area contributed by atoms with Crippen LogP contribution in [0.25, 0.3) is 0 Å². The molecule has 1 atom stereocenters. The maximum absolute atomic E-state index is 11.7. The Morgan fingerprint density at radius 2 is 1.95 bits per heavy atom. The average Bonchev–Trinajstić information content (AvgIpc) is 2.46. The zero-order valence-corrected chi connectivity index (χ0v) is 12.1. The molecule has 0 aliphatic carbocycles. The van der Waals surface area contributed by atoms with Crippen LogP contribution in [0.2, 0.25) is 0 Å². The van der Waals surface area contributed by atoms with Crippen molar-refractivity contribution in [2.45, 2.75) is 19.4 Å². The Morgan fingerprint density at radius 3 is 2.50 bits per heavy atom. The van der Waals surface area contributed by atoms with Crippen molar-refractivity contribution in [2.75, 3.05) is 13.2 Å². The topological polar surface area (TPSA) is 113 Å². The van der Waals surface area contributed by atoms with Crippen molar-refractivity contribution in [1.82, 2.24) is 0 Å². The minimum absolute atomic E-state index is 0.168. The number of aromatic hydroxyl groups is 2. The number of phenolic OH excluding ortho intramolecular Hbond substituents is 2. The van der Waals surface area contributed by atoms with Crippen molar-refractivity contribution in [2.24, 2.45) is 0 Å². The number of benzene rings is 1. The predicted molar refractivity (Wildman–Crippen MR) is 76.2 cm³/mol. The van der Waals surface area contributed by atoms with Gasteiger partial charge in [0.1, 0.15) is 6.61 Å². The third-order valence-electron chi connectivity index (χ3n) is 2.64.